The third-order valence-electron chi connectivity index (χ3n) is 5.53. The molecular formula is C25H25N3O4. The van der Waals surface area contributed by atoms with E-state index in [1.54, 1.807) is 18.2 Å². The highest BCUT2D eigenvalue weighted by Gasteiger charge is 2.17. The van der Waals surface area contributed by atoms with Crippen LogP contribution in [-0.4, -0.2) is 38.7 Å². The van der Waals surface area contributed by atoms with Crippen molar-refractivity contribution in [3.8, 4) is 11.1 Å². The summed E-state index contributed by atoms with van der Waals surface area (Å²) in [5, 5.41) is 9.47. The molecule has 0 aliphatic heterocycles. The van der Waals surface area contributed by atoms with E-state index in [0.717, 1.165) is 47.4 Å². The third kappa shape index (κ3) is 4.14. The lowest BCUT2D eigenvalue weighted by atomic mass is 9.99. The number of aromatic nitrogens is 3. The van der Waals surface area contributed by atoms with E-state index in [9.17, 15) is 14.7 Å². The SMILES string of the molecule is CCCCc1nc2cc(C(=O)OC)[nH]c2n1Cc1ccc(-c2ccccc2C(=O)O)cc1. The number of benzene rings is 2. The van der Waals surface area contributed by atoms with E-state index in [-0.39, 0.29) is 5.56 Å². The van der Waals surface area contributed by atoms with Crippen molar-refractivity contribution < 1.29 is 19.4 Å². The first-order valence-corrected chi connectivity index (χ1v) is 10.6. The monoisotopic (exact) mass is 431 g/mol. The number of aromatic carboxylic acids is 1. The smallest absolute Gasteiger partial charge is 0.354 e. The minimum Gasteiger partial charge on any atom is -0.478 e. The molecule has 0 aliphatic rings. The molecule has 32 heavy (non-hydrogen) atoms. The number of H-pyrrole nitrogens is 1. The first kappa shape index (κ1) is 21.4. The van der Waals surface area contributed by atoms with Gasteiger partial charge in [-0.25, -0.2) is 14.6 Å². The predicted octanol–water partition coefficient (Wildman–Crippen LogP) is 4.91. The van der Waals surface area contributed by atoms with Crippen LogP contribution in [0.15, 0.2) is 54.6 Å². The number of ether oxygens (including phenoxy) is 1. The zero-order valence-electron chi connectivity index (χ0n) is 18.1. The highest BCUT2D eigenvalue weighted by Crippen LogP contribution is 2.26. The van der Waals surface area contributed by atoms with Crippen LogP contribution in [0.3, 0.4) is 0 Å². The van der Waals surface area contributed by atoms with E-state index < -0.39 is 11.9 Å². The summed E-state index contributed by atoms with van der Waals surface area (Å²) in [6.07, 6.45) is 2.93. The molecule has 0 aliphatic carbocycles. The summed E-state index contributed by atoms with van der Waals surface area (Å²) in [4.78, 5) is 31.4. The largest absolute Gasteiger partial charge is 0.478 e. The Morgan fingerprint density at radius 3 is 2.56 bits per heavy atom. The number of aromatic amines is 1. The van der Waals surface area contributed by atoms with Gasteiger partial charge in [-0.05, 0) is 35.2 Å². The number of esters is 1. The molecule has 2 N–H and O–H groups in total. The number of carboxylic acid groups (broad SMARTS) is 1. The number of carbonyl (C=O) groups excluding carboxylic acids is 1. The number of aryl methyl sites for hydroxylation is 1. The average Bonchev–Trinajstić information content (AvgIpc) is 3.36. The van der Waals surface area contributed by atoms with E-state index in [1.165, 1.54) is 7.11 Å². The number of unbranched alkanes of at least 4 members (excludes halogenated alkanes) is 1. The standard InChI is InChI=1S/C25H25N3O4/c1-3-4-9-22-26-20-14-21(25(31)32-2)27-23(20)28(22)15-16-10-12-17(13-11-16)18-7-5-6-8-19(18)24(29)30/h5-8,10-14,27H,3-4,9,15H2,1-2H3,(H,29,30). The molecular weight excluding hydrogens is 406 g/mol. The van der Waals surface area contributed by atoms with Gasteiger partial charge in [-0.1, -0.05) is 55.8 Å². The molecule has 2 aromatic carbocycles. The fraction of sp³-hybridized carbons (Fsp3) is 0.240. The molecule has 7 heteroatoms. The third-order valence-corrected chi connectivity index (χ3v) is 5.53. The number of hydrogen-bond acceptors (Lipinski definition) is 4. The topological polar surface area (TPSA) is 97.2 Å². The van der Waals surface area contributed by atoms with Crippen molar-refractivity contribution in [2.45, 2.75) is 32.7 Å². The zero-order valence-corrected chi connectivity index (χ0v) is 18.1. The number of nitrogens with one attached hydrogen (secondary N) is 1. The first-order chi connectivity index (χ1) is 15.5. The van der Waals surface area contributed by atoms with Crippen LogP contribution in [-0.2, 0) is 17.7 Å². The predicted molar refractivity (Wildman–Crippen MR) is 122 cm³/mol. The Bertz CT molecular complexity index is 1270. The van der Waals surface area contributed by atoms with Crippen LogP contribution in [0, 0.1) is 0 Å². The molecule has 0 atom stereocenters. The van der Waals surface area contributed by atoms with Crippen molar-refractivity contribution in [1.29, 1.82) is 0 Å². The Morgan fingerprint density at radius 2 is 1.88 bits per heavy atom. The van der Waals surface area contributed by atoms with Gasteiger partial charge in [-0.15, -0.1) is 0 Å². The fourth-order valence-electron chi connectivity index (χ4n) is 3.86. The number of imidazole rings is 1. The van der Waals surface area contributed by atoms with Gasteiger partial charge in [0.2, 0.25) is 0 Å². The number of hydrogen-bond donors (Lipinski definition) is 2. The van der Waals surface area contributed by atoms with Crippen molar-refractivity contribution >= 4 is 23.1 Å². The quantitative estimate of drug-likeness (QED) is 0.387. The molecule has 2 aromatic heterocycles. The van der Waals surface area contributed by atoms with Gasteiger partial charge in [0.1, 0.15) is 22.7 Å². The Kier molecular flexibility index (Phi) is 6.07. The normalized spacial score (nSPS) is 11.1. The molecule has 0 bridgehead atoms. The maximum atomic E-state index is 11.9. The van der Waals surface area contributed by atoms with Crippen LogP contribution in [0.1, 0.15) is 52.0 Å². The minimum absolute atomic E-state index is 0.278. The van der Waals surface area contributed by atoms with E-state index in [0.29, 0.717) is 17.8 Å². The molecule has 164 valence electrons. The Balaban J connectivity index is 1.67. The van der Waals surface area contributed by atoms with E-state index in [2.05, 4.69) is 16.5 Å². The lowest BCUT2D eigenvalue weighted by Gasteiger charge is -2.11. The van der Waals surface area contributed by atoms with Gasteiger partial charge in [-0.3, -0.25) is 0 Å². The van der Waals surface area contributed by atoms with E-state index in [4.69, 9.17) is 9.72 Å². The summed E-state index contributed by atoms with van der Waals surface area (Å²) in [6.45, 7) is 2.72. The van der Waals surface area contributed by atoms with Gasteiger partial charge in [0.15, 0.2) is 0 Å². The molecule has 0 spiro atoms. The van der Waals surface area contributed by atoms with Crippen molar-refractivity contribution in [3.63, 3.8) is 0 Å². The Morgan fingerprint density at radius 1 is 1.12 bits per heavy atom. The van der Waals surface area contributed by atoms with Crippen molar-refractivity contribution in [2.75, 3.05) is 7.11 Å². The van der Waals surface area contributed by atoms with Crippen molar-refractivity contribution in [2.24, 2.45) is 0 Å². The maximum absolute atomic E-state index is 11.9. The van der Waals surface area contributed by atoms with Crippen LogP contribution in [0.25, 0.3) is 22.3 Å². The van der Waals surface area contributed by atoms with Crippen LogP contribution in [0.5, 0.6) is 0 Å². The van der Waals surface area contributed by atoms with Crippen LogP contribution < -0.4 is 0 Å². The summed E-state index contributed by atoms with van der Waals surface area (Å²) >= 11 is 0. The van der Waals surface area contributed by atoms with E-state index in [1.807, 2.05) is 36.4 Å². The minimum atomic E-state index is -0.945. The number of carboxylic acids is 1. The second kappa shape index (κ2) is 9.09. The summed E-state index contributed by atoms with van der Waals surface area (Å²) in [6, 6.07) is 16.6. The number of rotatable bonds is 8. The molecule has 4 rings (SSSR count). The van der Waals surface area contributed by atoms with Crippen molar-refractivity contribution in [3.05, 3.63) is 77.2 Å². The second-order valence-corrected chi connectivity index (χ2v) is 7.67. The fourth-order valence-corrected chi connectivity index (χ4v) is 3.86. The molecule has 4 aromatic rings. The van der Waals surface area contributed by atoms with Crippen LogP contribution in [0.4, 0.5) is 0 Å². The Labute approximate surface area is 185 Å². The molecule has 0 fully saturated rings. The van der Waals surface area contributed by atoms with Gasteiger partial charge in [-0.2, -0.15) is 0 Å². The molecule has 0 saturated heterocycles. The summed E-state index contributed by atoms with van der Waals surface area (Å²) in [5.74, 6) is -0.407. The molecule has 7 nitrogen and oxygen atoms in total. The van der Waals surface area contributed by atoms with Gasteiger partial charge in [0, 0.05) is 6.42 Å². The molecule has 2 heterocycles. The van der Waals surface area contributed by atoms with Gasteiger partial charge in [0.05, 0.1) is 19.2 Å². The summed E-state index contributed by atoms with van der Waals surface area (Å²) < 4.78 is 6.92. The molecule has 0 saturated carbocycles. The number of carbonyl (C=O) groups is 2. The Hall–Kier alpha value is -3.87. The maximum Gasteiger partial charge on any atom is 0.354 e. The first-order valence-electron chi connectivity index (χ1n) is 10.6. The molecule has 0 amide bonds. The lowest BCUT2D eigenvalue weighted by molar-refractivity contribution is 0.0594. The van der Waals surface area contributed by atoms with Crippen LogP contribution in [0.2, 0.25) is 0 Å². The number of methoxy groups -OCH3 is 1. The van der Waals surface area contributed by atoms with Crippen molar-refractivity contribution in [1.82, 2.24) is 14.5 Å². The lowest BCUT2D eigenvalue weighted by Crippen LogP contribution is -2.07. The van der Waals surface area contributed by atoms with E-state index >= 15 is 0 Å². The highest BCUT2D eigenvalue weighted by atomic mass is 16.5. The van der Waals surface area contributed by atoms with Gasteiger partial charge < -0.3 is 19.4 Å². The number of nitrogens with zero attached hydrogens (tertiary/aromatic N) is 2. The van der Waals surface area contributed by atoms with Crippen LogP contribution >= 0.6 is 0 Å². The number of fused-ring (bicyclic) bond motifs is 1. The molecule has 0 unspecified atom stereocenters. The zero-order chi connectivity index (χ0) is 22.7. The average molecular weight is 431 g/mol. The van der Waals surface area contributed by atoms with Gasteiger partial charge in [0.25, 0.3) is 0 Å². The summed E-state index contributed by atoms with van der Waals surface area (Å²) in [5.41, 5.74) is 4.77. The summed E-state index contributed by atoms with van der Waals surface area (Å²) in [7, 11) is 1.35. The molecule has 0 radical (unpaired) electrons. The highest BCUT2D eigenvalue weighted by molar-refractivity contribution is 5.96. The second-order valence-electron chi connectivity index (χ2n) is 7.67. The van der Waals surface area contributed by atoms with Gasteiger partial charge >= 0.3 is 11.9 Å².